The molecule has 1 aliphatic carbocycles. The number of carbonyl (C=O) groups is 1. The van der Waals surface area contributed by atoms with Gasteiger partial charge in [0.05, 0.1) is 7.11 Å². The van der Waals surface area contributed by atoms with E-state index in [4.69, 9.17) is 9.47 Å². The van der Waals surface area contributed by atoms with Crippen LogP contribution in [0.4, 0.5) is 13.2 Å². The number of benzene rings is 1. The van der Waals surface area contributed by atoms with E-state index in [1.165, 1.54) is 13.2 Å². The van der Waals surface area contributed by atoms with Gasteiger partial charge in [-0.1, -0.05) is 13.0 Å². The van der Waals surface area contributed by atoms with Gasteiger partial charge in [0.15, 0.2) is 18.1 Å². The third-order valence-corrected chi connectivity index (χ3v) is 4.64. The first-order chi connectivity index (χ1) is 12.3. The van der Waals surface area contributed by atoms with Crippen LogP contribution in [0, 0.1) is 5.92 Å². The molecule has 4 nitrogen and oxygen atoms in total. The molecule has 146 valence electrons. The van der Waals surface area contributed by atoms with Crippen LogP contribution in [0.2, 0.25) is 0 Å². The van der Waals surface area contributed by atoms with Gasteiger partial charge in [-0.05, 0) is 55.7 Å². The molecular weight excluding hydrogens is 347 g/mol. The summed E-state index contributed by atoms with van der Waals surface area (Å²) in [5.74, 6) is 0.998. The Morgan fingerprint density at radius 2 is 1.88 bits per heavy atom. The third kappa shape index (κ3) is 6.77. The summed E-state index contributed by atoms with van der Waals surface area (Å²) in [5.41, 5.74) is 0.814. The van der Waals surface area contributed by atoms with Gasteiger partial charge in [-0.2, -0.15) is 13.2 Å². The van der Waals surface area contributed by atoms with Gasteiger partial charge in [0, 0.05) is 12.5 Å². The second-order valence-electron chi connectivity index (χ2n) is 6.91. The largest absolute Gasteiger partial charge is 0.493 e. The maximum atomic E-state index is 12.3. The van der Waals surface area contributed by atoms with Crippen molar-refractivity contribution in [3.63, 3.8) is 0 Å². The SMILES string of the molecule is COc1cc(CCC(=O)NC2CCC(C)CC2)ccc1OCC(F)(F)F. The van der Waals surface area contributed by atoms with Gasteiger partial charge in [-0.25, -0.2) is 0 Å². The summed E-state index contributed by atoms with van der Waals surface area (Å²) in [6.07, 6.45) is 0.739. The number of carbonyl (C=O) groups excluding carboxylic acids is 1. The maximum Gasteiger partial charge on any atom is 0.422 e. The lowest BCUT2D eigenvalue weighted by Crippen LogP contribution is -2.37. The minimum atomic E-state index is -4.40. The highest BCUT2D eigenvalue weighted by Crippen LogP contribution is 2.30. The molecule has 1 aliphatic rings. The summed E-state index contributed by atoms with van der Waals surface area (Å²) in [6.45, 7) is 0.860. The Morgan fingerprint density at radius 1 is 1.19 bits per heavy atom. The quantitative estimate of drug-likeness (QED) is 0.777. The first kappa shape index (κ1) is 20.4. The van der Waals surface area contributed by atoms with Gasteiger partial charge in [0.25, 0.3) is 0 Å². The Hall–Kier alpha value is -1.92. The predicted octanol–water partition coefficient (Wildman–Crippen LogP) is 4.26. The monoisotopic (exact) mass is 373 g/mol. The highest BCUT2D eigenvalue weighted by Gasteiger charge is 2.29. The predicted molar refractivity (Wildman–Crippen MR) is 92.4 cm³/mol. The molecule has 0 spiro atoms. The van der Waals surface area contributed by atoms with Crippen LogP contribution in [0.1, 0.15) is 44.6 Å². The van der Waals surface area contributed by atoms with Crippen LogP contribution >= 0.6 is 0 Å². The molecule has 0 aliphatic heterocycles. The topological polar surface area (TPSA) is 47.6 Å². The molecule has 0 atom stereocenters. The van der Waals surface area contributed by atoms with E-state index in [0.717, 1.165) is 37.2 Å². The Bertz CT molecular complexity index is 596. The number of hydrogen-bond donors (Lipinski definition) is 1. The fourth-order valence-corrected chi connectivity index (χ4v) is 3.11. The standard InChI is InChI=1S/C19H26F3NO3/c1-13-3-7-15(8-4-13)23-18(24)10-6-14-5-9-16(17(11-14)25-2)26-12-19(20,21)22/h5,9,11,13,15H,3-4,6-8,10,12H2,1-2H3,(H,23,24). The molecule has 0 radical (unpaired) electrons. The molecule has 0 unspecified atom stereocenters. The van der Waals surface area contributed by atoms with Crippen LogP contribution in [0.3, 0.4) is 0 Å². The molecule has 0 bridgehead atoms. The summed E-state index contributed by atoms with van der Waals surface area (Å²) in [5, 5.41) is 3.07. The average molecular weight is 373 g/mol. The summed E-state index contributed by atoms with van der Waals surface area (Å²) < 4.78 is 46.7. The van der Waals surface area contributed by atoms with Crippen LogP contribution in [0.25, 0.3) is 0 Å². The molecule has 1 N–H and O–H groups in total. The number of rotatable bonds is 7. The number of aryl methyl sites for hydroxylation is 1. The molecule has 1 aromatic carbocycles. The van der Waals surface area contributed by atoms with E-state index in [1.54, 1.807) is 12.1 Å². The average Bonchev–Trinajstić information content (AvgIpc) is 2.59. The maximum absolute atomic E-state index is 12.3. The van der Waals surface area contributed by atoms with Crippen molar-refractivity contribution in [2.24, 2.45) is 5.92 Å². The normalized spacial score (nSPS) is 20.5. The van der Waals surface area contributed by atoms with Crippen molar-refractivity contribution in [2.45, 2.75) is 57.7 Å². The Morgan fingerprint density at radius 3 is 2.50 bits per heavy atom. The lowest BCUT2D eigenvalue weighted by Gasteiger charge is -2.26. The number of alkyl halides is 3. The molecule has 2 rings (SSSR count). The summed E-state index contributed by atoms with van der Waals surface area (Å²) in [7, 11) is 1.37. The number of ether oxygens (including phenoxy) is 2. The van der Waals surface area contributed by atoms with E-state index in [1.807, 2.05) is 0 Å². The Balaban J connectivity index is 1.84. The molecule has 7 heteroatoms. The zero-order valence-corrected chi connectivity index (χ0v) is 15.2. The lowest BCUT2D eigenvalue weighted by molar-refractivity contribution is -0.153. The fourth-order valence-electron chi connectivity index (χ4n) is 3.11. The number of hydrogen-bond acceptors (Lipinski definition) is 3. The van der Waals surface area contributed by atoms with E-state index < -0.39 is 12.8 Å². The zero-order chi connectivity index (χ0) is 19.2. The summed E-state index contributed by atoms with van der Waals surface area (Å²) in [4.78, 5) is 12.1. The molecule has 1 saturated carbocycles. The smallest absolute Gasteiger partial charge is 0.422 e. The molecule has 1 amide bonds. The van der Waals surface area contributed by atoms with Crippen molar-refractivity contribution in [3.8, 4) is 11.5 Å². The van der Waals surface area contributed by atoms with Crippen molar-refractivity contribution in [2.75, 3.05) is 13.7 Å². The number of halogens is 3. The first-order valence-electron chi connectivity index (χ1n) is 8.92. The molecular formula is C19H26F3NO3. The minimum absolute atomic E-state index is 0.000850. The molecule has 26 heavy (non-hydrogen) atoms. The van der Waals surface area contributed by atoms with Gasteiger partial charge in [-0.15, -0.1) is 0 Å². The van der Waals surface area contributed by atoms with Gasteiger partial charge in [0.1, 0.15) is 0 Å². The summed E-state index contributed by atoms with van der Waals surface area (Å²) >= 11 is 0. The lowest BCUT2D eigenvalue weighted by atomic mass is 9.87. The zero-order valence-electron chi connectivity index (χ0n) is 15.2. The first-order valence-corrected chi connectivity index (χ1v) is 8.92. The second kappa shape index (κ2) is 9.14. The minimum Gasteiger partial charge on any atom is -0.493 e. The van der Waals surface area contributed by atoms with Crippen molar-refractivity contribution < 1.29 is 27.4 Å². The van der Waals surface area contributed by atoms with E-state index >= 15 is 0 Å². The second-order valence-corrected chi connectivity index (χ2v) is 6.91. The molecule has 1 fully saturated rings. The summed E-state index contributed by atoms with van der Waals surface area (Å²) in [6, 6.07) is 4.97. The Kier molecular flexibility index (Phi) is 7.17. The molecule has 1 aromatic rings. The van der Waals surface area contributed by atoms with E-state index in [-0.39, 0.29) is 23.4 Å². The van der Waals surface area contributed by atoms with Gasteiger partial charge in [-0.3, -0.25) is 4.79 Å². The molecule has 0 aromatic heterocycles. The Labute approximate surface area is 152 Å². The number of amides is 1. The fraction of sp³-hybridized carbons (Fsp3) is 0.632. The van der Waals surface area contributed by atoms with Gasteiger partial charge in [0.2, 0.25) is 5.91 Å². The van der Waals surface area contributed by atoms with Crippen LogP contribution in [0.15, 0.2) is 18.2 Å². The van der Waals surface area contributed by atoms with Crippen molar-refractivity contribution in [1.29, 1.82) is 0 Å². The van der Waals surface area contributed by atoms with Crippen LogP contribution in [-0.2, 0) is 11.2 Å². The van der Waals surface area contributed by atoms with Gasteiger partial charge < -0.3 is 14.8 Å². The highest BCUT2D eigenvalue weighted by molar-refractivity contribution is 5.76. The van der Waals surface area contributed by atoms with Crippen LogP contribution < -0.4 is 14.8 Å². The van der Waals surface area contributed by atoms with E-state index in [9.17, 15) is 18.0 Å². The van der Waals surface area contributed by atoms with E-state index in [2.05, 4.69) is 12.2 Å². The number of methoxy groups -OCH3 is 1. The van der Waals surface area contributed by atoms with Crippen LogP contribution in [-0.4, -0.2) is 31.8 Å². The highest BCUT2D eigenvalue weighted by atomic mass is 19.4. The van der Waals surface area contributed by atoms with E-state index in [0.29, 0.717) is 12.8 Å². The molecule has 0 saturated heterocycles. The van der Waals surface area contributed by atoms with Crippen molar-refractivity contribution >= 4 is 5.91 Å². The number of nitrogens with one attached hydrogen (secondary N) is 1. The van der Waals surface area contributed by atoms with Crippen LogP contribution in [0.5, 0.6) is 11.5 Å². The third-order valence-electron chi connectivity index (χ3n) is 4.64. The van der Waals surface area contributed by atoms with Gasteiger partial charge >= 0.3 is 6.18 Å². The van der Waals surface area contributed by atoms with Crippen molar-refractivity contribution in [1.82, 2.24) is 5.32 Å². The molecule has 0 heterocycles. The van der Waals surface area contributed by atoms with Crippen molar-refractivity contribution in [3.05, 3.63) is 23.8 Å².